The summed E-state index contributed by atoms with van der Waals surface area (Å²) in [5, 5.41) is 5.68. The maximum absolute atomic E-state index is 14.1. The first-order valence-corrected chi connectivity index (χ1v) is 8.80. The Morgan fingerprint density at radius 2 is 2.00 bits per heavy atom. The number of hydrogen-bond acceptors (Lipinski definition) is 7. The minimum absolute atomic E-state index is 0.0846. The first kappa shape index (κ1) is 17.3. The van der Waals surface area contributed by atoms with Gasteiger partial charge in [-0.25, -0.2) is 14.6 Å². The molecule has 0 unspecified atom stereocenters. The van der Waals surface area contributed by atoms with Crippen LogP contribution in [0.15, 0.2) is 17.2 Å². The van der Waals surface area contributed by atoms with Crippen LogP contribution in [-0.2, 0) is 0 Å². The summed E-state index contributed by atoms with van der Waals surface area (Å²) >= 11 is 0. The van der Waals surface area contributed by atoms with Gasteiger partial charge in [-0.05, 0) is 44.2 Å². The Bertz CT molecular complexity index is 982. The molecule has 0 aromatic carbocycles. The Morgan fingerprint density at radius 1 is 1.26 bits per heavy atom. The lowest BCUT2D eigenvalue weighted by Gasteiger charge is -2.43. The van der Waals surface area contributed by atoms with Crippen molar-refractivity contribution in [2.45, 2.75) is 44.7 Å². The van der Waals surface area contributed by atoms with Crippen LogP contribution in [0.3, 0.4) is 0 Å². The molecule has 1 aliphatic carbocycles. The Morgan fingerprint density at radius 3 is 2.74 bits per heavy atom. The van der Waals surface area contributed by atoms with Crippen LogP contribution in [-0.4, -0.2) is 26.2 Å². The molecule has 1 amide bonds. The Balaban J connectivity index is 1.78. The summed E-state index contributed by atoms with van der Waals surface area (Å²) in [6, 6.07) is 1.49. The minimum atomic E-state index is -0.841. The number of pyridine rings is 1. The van der Waals surface area contributed by atoms with E-state index in [-0.39, 0.29) is 28.9 Å². The zero-order valence-corrected chi connectivity index (χ0v) is 14.8. The third-order valence-electron chi connectivity index (χ3n) is 5.06. The van der Waals surface area contributed by atoms with E-state index < -0.39 is 17.0 Å². The van der Waals surface area contributed by atoms with E-state index in [4.69, 9.17) is 5.73 Å². The number of amides is 1. The monoisotopic (exact) mass is 373 g/mol. The van der Waals surface area contributed by atoms with Gasteiger partial charge in [-0.15, -0.1) is 0 Å². The molecule has 10 heteroatoms. The number of nitrogens with zero attached hydrogens (tertiary/aromatic N) is 3. The van der Waals surface area contributed by atoms with Gasteiger partial charge in [0.15, 0.2) is 11.6 Å². The molecule has 142 valence electrons. The lowest BCUT2D eigenvalue weighted by atomic mass is 9.88. The predicted molar refractivity (Wildman–Crippen MR) is 97.8 cm³/mol. The average molecular weight is 373 g/mol. The number of fused-ring (bicyclic) bond motifs is 1. The van der Waals surface area contributed by atoms with Crippen molar-refractivity contribution >= 4 is 23.2 Å². The van der Waals surface area contributed by atoms with Crippen LogP contribution in [0.25, 0.3) is 0 Å². The van der Waals surface area contributed by atoms with E-state index in [1.807, 2.05) is 0 Å². The molecule has 0 bridgehead atoms. The molecule has 1 aliphatic heterocycles. The number of aromatic nitrogens is 3. The van der Waals surface area contributed by atoms with Crippen molar-refractivity contribution in [2.75, 3.05) is 16.5 Å². The summed E-state index contributed by atoms with van der Waals surface area (Å²) in [6.07, 6.45) is 5.58. The first-order chi connectivity index (χ1) is 12.9. The number of aryl methyl sites for hydroxylation is 1. The van der Waals surface area contributed by atoms with E-state index in [1.54, 1.807) is 6.92 Å². The average Bonchev–Trinajstić information content (AvgIpc) is 2.63. The third kappa shape index (κ3) is 2.86. The fourth-order valence-electron chi connectivity index (χ4n) is 3.73. The molecule has 2 aromatic rings. The van der Waals surface area contributed by atoms with Gasteiger partial charge in [0.25, 0.3) is 11.5 Å². The summed E-state index contributed by atoms with van der Waals surface area (Å²) in [7, 11) is 0. The number of anilines is 3. The molecular weight excluding hydrogens is 353 g/mol. The minimum Gasteiger partial charge on any atom is -0.381 e. The van der Waals surface area contributed by atoms with Crippen molar-refractivity contribution in [3.8, 4) is 0 Å². The predicted octanol–water partition coefficient (Wildman–Crippen LogP) is 1.36. The first-order valence-electron chi connectivity index (χ1n) is 8.80. The van der Waals surface area contributed by atoms with E-state index in [0.29, 0.717) is 5.56 Å². The molecule has 0 atom stereocenters. The van der Waals surface area contributed by atoms with Crippen LogP contribution in [0.1, 0.15) is 48.2 Å². The number of hydrogen-bond donors (Lipinski definition) is 4. The summed E-state index contributed by atoms with van der Waals surface area (Å²) in [4.78, 5) is 33.0. The molecule has 1 saturated carbocycles. The SMILES string of the molecule is Cc1cc(Nc2ncnc(N)c2F)c(=O)n2c1C(=O)NC1(CCCCC1)N2. The van der Waals surface area contributed by atoms with Gasteiger partial charge in [0.05, 0.1) is 0 Å². The number of nitrogen functional groups attached to an aromatic ring is 1. The smallest absolute Gasteiger partial charge is 0.293 e. The zero-order valence-electron chi connectivity index (χ0n) is 14.8. The molecule has 27 heavy (non-hydrogen) atoms. The highest BCUT2D eigenvalue weighted by Gasteiger charge is 2.40. The number of rotatable bonds is 2. The van der Waals surface area contributed by atoms with E-state index in [9.17, 15) is 14.0 Å². The Labute approximate surface area is 154 Å². The van der Waals surface area contributed by atoms with E-state index in [1.165, 1.54) is 10.7 Å². The van der Waals surface area contributed by atoms with E-state index in [2.05, 4.69) is 26.0 Å². The largest absolute Gasteiger partial charge is 0.381 e. The van der Waals surface area contributed by atoms with Gasteiger partial charge in [-0.1, -0.05) is 6.42 Å². The van der Waals surface area contributed by atoms with Crippen molar-refractivity contribution in [2.24, 2.45) is 0 Å². The van der Waals surface area contributed by atoms with Gasteiger partial charge in [-0.3, -0.25) is 15.0 Å². The summed E-state index contributed by atoms with van der Waals surface area (Å²) in [6.45, 7) is 1.71. The van der Waals surface area contributed by atoms with Crippen LogP contribution < -0.4 is 27.4 Å². The molecule has 3 heterocycles. The molecule has 1 spiro atoms. The van der Waals surface area contributed by atoms with Crippen molar-refractivity contribution in [3.05, 3.63) is 39.8 Å². The molecule has 1 fully saturated rings. The fourth-order valence-corrected chi connectivity index (χ4v) is 3.73. The number of carbonyl (C=O) groups is 1. The van der Waals surface area contributed by atoms with Crippen molar-refractivity contribution < 1.29 is 9.18 Å². The van der Waals surface area contributed by atoms with Gasteiger partial charge in [-0.2, -0.15) is 4.39 Å². The topological polar surface area (TPSA) is 127 Å². The van der Waals surface area contributed by atoms with Crippen LogP contribution >= 0.6 is 0 Å². The number of halogens is 1. The molecule has 2 aromatic heterocycles. The lowest BCUT2D eigenvalue weighted by Crippen LogP contribution is -2.64. The van der Waals surface area contributed by atoms with Gasteiger partial charge < -0.3 is 16.4 Å². The second-order valence-electron chi connectivity index (χ2n) is 6.99. The molecule has 4 rings (SSSR count). The van der Waals surface area contributed by atoms with E-state index in [0.717, 1.165) is 38.4 Å². The van der Waals surface area contributed by atoms with Crippen LogP contribution in [0, 0.1) is 12.7 Å². The fraction of sp³-hybridized carbons (Fsp3) is 0.412. The number of nitrogens with one attached hydrogen (secondary N) is 3. The van der Waals surface area contributed by atoms with Crippen molar-refractivity contribution in [3.63, 3.8) is 0 Å². The lowest BCUT2D eigenvalue weighted by molar-refractivity contribution is 0.0833. The van der Waals surface area contributed by atoms with Crippen molar-refractivity contribution in [1.29, 1.82) is 0 Å². The highest BCUT2D eigenvalue weighted by Crippen LogP contribution is 2.30. The Hall–Kier alpha value is -3.17. The highest BCUT2D eigenvalue weighted by atomic mass is 19.1. The summed E-state index contributed by atoms with van der Waals surface area (Å²) in [5.74, 6) is -1.66. The van der Waals surface area contributed by atoms with Crippen LogP contribution in [0.5, 0.6) is 0 Å². The molecule has 9 nitrogen and oxygen atoms in total. The highest BCUT2D eigenvalue weighted by molar-refractivity contribution is 5.96. The van der Waals surface area contributed by atoms with Crippen LogP contribution in [0.4, 0.5) is 21.7 Å². The van der Waals surface area contributed by atoms with Crippen LogP contribution in [0.2, 0.25) is 0 Å². The second kappa shape index (κ2) is 6.22. The summed E-state index contributed by atoms with van der Waals surface area (Å²) < 4.78 is 15.4. The molecule has 0 saturated heterocycles. The standard InChI is InChI=1S/C17H20FN7O2/c1-9-7-10(22-14-11(18)13(19)20-8-21-14)16(27)25-12(9)15(26)23-17(24-25)5-3-2-4-6-17/h7-8,24H,2-6H2,1H3,(H,23,26)(H3,19,20,21,22). The van der Waals surface area contributed by atoms with E-state index >= 15 is 0 Å². The molecular formula is C17H20FN7O2. The molecule has 2 aliphatic rings. The van der Waals surface area contributed by atoms with Crippen molar-refractivity contribution in [1.82, 2.24) is 20.0 Å². The number of carbonyl (C=O) groups excluding carboxylic acids is 1. The van der Waals surface area contributed by atoms with Gasteiger partial charge >= 0.3 is 0 Å². The van der Waals surface area contributed by atoms with Gasteiger partial charge in [0.1, 0.15) is 23.4 Å². The normalized spacial score (nSPS) is 17.8. The second-order valence-corrected chi connectivity index (χ2v) is 6.99. The summed E-state index contributed by atoms with van der Waals surface area (Å²) in [5.41, 5.74) is 8.39. The van der Waals surface area contributed by atoms with Gasteiger partial charge in [0.2, 0.25) is 5.82 Å². The van der Waals surface area contributed by atoms with Gasteiger partial charge in [0, 0.05) is 0 Å². The number of nitrogens with two attached hydrogens (primary N) is 1. The zero-order chi connectivity index (χ0) is 19.2. The molecule has 5 N–H and O–H groups in total. The third-order valence-corrected chi connectivity index (χ3v) is 5.06. The quantitative estimate of drug-likeness (QED) is 0.626. The maximum atomic E-state index is 14.1. The maximum Gasteiger partial charge on any atom is 0.293 e. The molecule has 0 radical (unpaired) electrons. The Kier molecular flexibility index (Phi) is 3.97.